The van der Waals surface area contributed by atoms with E-state index in [1.807, 2.05) is 6.92 Å². The highest BCUT2D eigenvalue weighted by atomic mass is 35.5. The van der Waals surface area contributed by atoms with Gasteiger partial charge in [-0.3, -0.25) is 0 Å². The lowest BCUT2D eigenvalue weighted by Gasteiger charge is -2.13. The number of carbonyl (C=O) groups excluding carboxylic acids is 1. The number of carbonyl (C=O) groups is 1. The van der Waals surface area contributed by atoms with Crippen LogP contribution in [0.4, 0.5) is 0 Å². The molecule has 0 spiro atoms. The largest absolute Gasteiger partial charge is 0.436 e. The van der Waals surface area contributed by atoms with E-state index in [0.717, 1.165) is 5.56 Å². The van der Waals surface area contributed by atoms with Crippen LogP contribution in [0, 0.1) is 6.92 Å². The zero-order valence-electron chi connectivity index (χ0n) is 9.68. The van der Waals surface area contributed by atoms with E-state index in [0.29, 0.717) is 0 Å². The summed E-state index contributed by atoms with van der Waals surface area (Å²) in [7, 11) is -3.84. The van der Waals surface area contributed by atoms with Gasteiger partial charge in [-0.25, -0.2) is 13.2 Å². The van der Waals surface area contributed by atoms with Crippen molar-refractivity contribution in [3.05, 3.63) is 39.9 Å². The van der Waals surface area contributed by atoms with Crippen molar-refractivity contribution in [2.24, 2.45) is 0 Å². The minimum atomic E-state index is -3.84. The van der Waals surface area contributed by atoms with Gasteiger partial charge in [0.15, 0.2) is 0 Å². The first-order valence-corrected chi connectivity index (χ1v) is 7.40. The molecule has 0 amide bonds. The molecule has 0 aromatic heterocycles. The lowest BCUT2D eigenvalue weighted by atomic mass is 10.2. The van der Waals surface area contributed by atoms with E-state index < -0.39 is 22.2 Å². The fourth-order valence-electron chi connectivity index (χ4n) is 1.43. The predicted molar refractivity (Wildman–Crippen MR) is 70.1 cm³/mol. The van der Waals surface area contributed by atoms with Crippen molar-refractivity contribution in [2.45, 2.75) is 18.0 Å². The molecule has 0 bridgehead atoms. The highest BCUT2D eigenvalue weighted by Crippen LogP contribution is 2.28. The molecule has 5 nitrogen and oxygen atoms in total. The molecule has 1 atom stereocenters. The van der Waals surface area contributed by atoms with Crippen molar-refractivity contribution in [1.29, 1.82) is 0 Å². The molecule has 0 fully saturated rings. The van der Waals surface area contributed by atoms with Gasteiger partial charge in [-0.15, -0.1) is 0 Å². The van der Waals surface area contributed by atoms with Crippen molar-refractivity contribution in [3.8, 4) is 0 Å². The van der Waals surface area contributed by atoms with Crippen molar-refractivity contribution >= 4 is 39.2 Å². The Morgan fingerprint density at radius 3 is 2.26 bits per heavy atom. The first-order chi connectivity index (χ1) is 8.81. The van der Waals surface area contributed by atoms with Gasteiger partial charge in [0, 0.05) is 0 Å². The number of esters is 1. The topological polar surface area (TPSA) is 72.5 Å². The van der Waals surface area contributed by atoms with Crippen LogP contribution in [-0.2, 0) is 19.6 Å². The third-order valence-corrected chi connectivity index (χ3v) is 4.70. The van der Waals surface area contributed by atoms with Crippen LogP contribution in [0.2, 0.25) is 0 Å². The SMILES string of the molecule is Cc1ccc(S(=O)(=O)N[C@@H]2OC(=O)C(Cl)=C2Cl)cc1. The Kier molecular flexibility index (Phi) is 3.87. The number of benzene rings is 1. The molecule has 0 radical (unpaired) electrons. The molecule has 1 aromatic carbocycles. The normalized spacial score (nSPS) is 19.7. The van der Waals surface area contributed by atoms with Gasteiger partial charge in [0.05, 0.1) is 4.90 Å². The second kappa shape index (κ2) is 5.13. The first kappa shape index (κ1) is 14.3. The number of nitrogens with one attached hydrogen (secondary N) is 1. The number of hydrogen-bond donors (Lipinski definition) is 1. The molecule has 1 aliphatic heterocycles. The maximum Gasteiger partial charge on any atom is 0.353 e. The van der Waals surface area contributed by atoms with Gasteiger partial charge >= 0.3 is 5.97 Å². The van der Waals surface area contributed by atoms with E-state index >= 15 is 0 Å². The third-order valence-electron chi connectivity index (χ3n) is 2.44. The van der Waals surface area contributed by atoms with Crippen LogP contribution in [0.3, 0.4) is 0 Å². The molecule has 1 aliphatic rings. The molecule has 1 heterocycles. The average Bonchev–Trinajstić information content (AvgIpc) is 2.57. The Labute approximate surface area is 120 Å². The molecule has 0 unspecified atom stereocenters. The lowest BCUT2D eigenvalue weighted by Crippen LogP contribution is -2.35. The van der Waals surface area contributed by atoms with Gasteiger partial charge < -0.3 is 4.74 Å². The summed E-state index contributed by atoms with van der Waals surface area (Å²) in [5.41, 5.74) is 0.923. The summed E-state index contributed by atoms with van der Waals surface area (Å²) in [6, 6.07) is 6.18. The zero-order valence-corrected chi connectivity index (χ0v) is 12.0. The molecule has 0 aliphatic carbocycles. The van der Waals surface area contributed by atoms with Gasteiger partial charge in [-0.1, -0.05) is 40.9 Å². The van der Waals surface area contributed by atoms with Gasteiger partial charge in [-0.05, 0) is 19.1 Å². The average molecular weight is 322 g/mol. The molecular formula is C11H9Cl2NO4S. The first-order valence-electron chi connectivity index (χ1n) is 5.16. The number of cyclic esters (lactones) is 1. The van der Waals surface area contributed by atoms with Crippen LogP contribution in [0.1, 0.15) is 5.56 Å². The van der Waals surface area contributed by atoms with Crippen molar-refractivity contribution in [1.82, 2.24) is 4.72 Å². The summed E-state index contributed by atoms with van der Waals surface area (Å²) < 4.78 is 30.9. The van der Waals surface area contributed by atoms with Crippen molar-refractivity contribution in [3.63, 3.8) is 0 Å². The molecule has 1 aromatic rings. The van der Waals surface area contributed by atoms with E-state index in [-0.39, 0.29) is 15.0 Å². The standard InChI is InChI=1S/C11H9Cl2NO4S/c1-6-2-4-7(5-3-6)19(16,17)14-10-8(12)9(13)11(15)18-10/h2-5,10,14H,1H3/t10-/m1/s1. The van der Waals surface area contributed by atoms with Crippen LogP contribution in [0.25, 0.3) is 0 Å². The number of sulfonamides is 1. The van der Waals surface area contributed by atoms with Gasteiger partial charge in [-0.2, -0.15) is 4.72 Å². The van der Waals surface area contributed by atoms with Crippen LogP contribution >= 0.6 is 23.2 Å². The highest BCUT2D eigenvalue weighted by molar-refractivity contribution is 7.89. The Morgan fingerprint density at radius 2 is 1.79 bits per heavy atom. The summed E-state index contributed by atoms with van der Waals surface area (Å²) >= 11 is 11.3. The van der Waals surface area contributed by atoms with Gasteiger partial charge in [0.25, 0.3) is 0 Å². The number of aryl methyl sites for hydroxylation is 1. The Hall–Kier alpha value is -1.08. The smallest absolute Gasteiger partial charge is 0.353 e. The third kappa shape index (κ3) is 2.92. The molecular weight excluding hydrogens is 313 g/mol. The second-order valence-corrected chi connectivity index (χ2v) is 6.38. The summed E-state index contributed by atoms with van der Waals surface area (Å²) in [4.78, 5) is 11.2. The maximum atomic E-state index is 12.0. The van der Waals surface area contributed by atoms with Crippen molar-refractivity contribution in [2.75, 3.05) is 0 Å². The lowest BCUT2D eigenvalue weighted by molar-refractivity contribution is -0.139. The van der Waals surface area contributed by atoms with E-state index in [1.165, 1.54) is 12.1 Å². The van der Waals surface area contributed by atoms with Crippen LogP contribution < -0.4 is 4.72 Å². The van der Waals surface area contributed by atoms with Gasteiger partial charge in [0.1, 0.15) is 10.1 Å². The van der Waals surface area contributed by atoms with Crippen LogP contribution in [-0.4, -0.2) is 20.6 Å². The summed E-state index contributed by atoms with van der Waals surface area (Å²) in [5.74, 6) is -0.858. The molecule has 0 saturated heterocycles. The summed E-state index contributed by atoms with van der Waals surface area (Å²) in [5, 5.41) is -0.499. The van der Waals surface area contributed by atoms with E-state index in [9.17, 15) is 13.2 Å². The molecule has 2 rings (SSSR count). The molecule has 19 heavy (non-hydrogen) atoms. The van der Waals surface area contributed by atoms with E-state index in [2.05, 4.69) is 4.72 Å². The van der Waals surface area contributed by atoms with Crippen LogP contribution in [0.15, 0.2) is 39.2 Å². The monoisotopic (exact) mass is 321 g/mol. The fourth-order valence-corrected chi connectivity index (χ4v) is 2.89. The summed E-state index contributed by atoms with van der Waals surface area (Å²) in [6.07, 6.45) is -1.28. The molecule has 8 heteroatoms. The van der Waals surface area contributed by atoms with Gasteiger partial charge in [0.2, 0.25) is 16.3 Å². The highest BCUT2D eigenvalue weighted by Gasteiger charge is 2.35. The second-order valence-electron chi connectivity index (χ2n) is 3.88. The number of ether oxygens (including phenoxy) is 1. The Balaban J connectivity index is 2.24. The minimum absolute atomic E-state index is 0.0432. The molecule has 0 saturated carbocycles. The number of rotatable bonds is 3. The number of halogens is 2. The fraction of sp³-hybridized carbons (Fsp3) is 0.182. The van der Waals surface area contributed by atoms with E-state index in [4.69, 9.17) is 27.9 Å². The quantitative estimate of drug-likeness (QED) is 0.862. The Bertz CT molecular complexity index is 652. The van der Waals surface area contributed by atoms with E-state index in [1.54, 1.807) is 12.1 Å². The Morgan fingerprint density at radius 1 is 1.21 bits per heavy atom. The predicted octanol–water partition coefficient (Wildman–Crippen LogP) is 1.85. The van der Waals surface area contributed by atoms with Crippen molar-refractivity contribution < 1.29 is 17.9 Å². The summed E-state index contributed by atoms with van der Waals surface area (Å²) in [6.45, 7) is 1.84. The molecule has 102 valence electrons. The zero-order chi connectivity index (χ0) is 14.2. The maximum absolute atomic E-state index is 12.0. The van der Waals surface area contributed by atoms with Crippen LogP contribution in [0.5, 0.6) is 0 Å². The molecule has 1 N–H and O–H groups in total. The minimum Gasteiger partial charge on any atom is -0.436 e. The number of hydrogen-bond acceptors (Lipinski definition) is 4.